The van der Waals surface area contributed by atoms with Gasteiger partial charge in [-0.1, -0.05) is 19.1 Å². The summed E-state index contributed by atoms with van der Waals surface area (Å²) >= 11 is 2.33. The molecule has 0 fully saturated rings. The van der Waals surface area contributed by atoms with Gasteiger partial charge in [0.15, 0.2) is 5.65 Å². The van der Waals surface area contributed by atoms with Crippen LogP contribution in [0.15, 0.2) is 30.3 Å². The van der Waals surface area contributed by atoms with Crippen molar-refractivity contribution >= 4 is 33.8 Å². The number of aryl methyl sites for hydroxylation is 3. The molecule has 0 spiro atoms. The minimum absolute atomic E-state index is 0.826. The Bertz CT molecular complexity index is 788. The Morgan fingerprint density at radius 3 is 2.48 bits per heavy atom. The summed E-state index contributed by atoms with van der Waals surface area (Å²) in [5.74, 6) is 1.10. The van der Waals surface area contributed by atoms with Crippen molar-refractivity contribution in [2.24, 2.45) is 0 Å². The fourth-order valence-corrected chi connectivity index (χ4v) is 3.02. The molecule has 3 aromatic rings. The number of nitrogens with zero attached hydrogens (tertiary/aromatic N) is 3. The number of fused-ring (bicyclic) bond motifs is 1. The lowest BCUT2D eigenvalue weighted by Crippen LogP contribution is -2.05. The molecule has 0 atom stereocenters. The molecule has 0 aliphatic carbocycles. The molecule has 0 N–H and O–H groups in total. The maximum atomic E-state index is 4.78. The SMILES string of the molecule is CCc1nc2c(C)cc(C)nc2n1Cc1ccc(I)cc1. The molecular weight excluding hydrogens is 373 g/mol. The highest BCUT2D eigenvalue weighted by Crippen LogP contribution is 2.21. The first-order chi connectivity index (χ1) is 10.1. The Balaban J connectivity index is 2.13. The van der Waals surface area contributed by atoms with Gasteiger partial charge in [0.05, 0.1) is 6.54 Å². The third-order valence-corrected chi connectivity index (χ3v) is 4.39. The Kier molecular flexibility index (Phi) is 3.97. The molecular formula is C17H18IN3. The van der Waals surface area contributed by atoms with Crippen LogP contribution in [0.25, 0.3) is 11.2 Å². The van der Waals surface area contributed by atoms with E-state index in [2.05, 4.69) is 71.3 Å². The van der Waals surface area contributed by atoms with Crippen LogP contribution < -0.4 is 0 Å². The van der Waals surface area contributed by atoms with Crippen LogP contribution >= 0.6 is 22.6 Å². The second-order valence-electron chi connectivity index (χ2n) is 5.35. The highest BCUT2D eigenvalue weighted by molar-refractivity contribution is 14.1. The number of pyridine rings is 1. The van der Waals surface area contributed by atoms with Crippen molar-refractivity contribution < 1.29 is 0 Å². The monoisotopic (exact) mass is 391 g/mol. The minimum atomic E-state index is 0.826. The molecule has 108 valence electrons. The summed E-state index contributed by atoms with van der Waals surface area (Å²) in [7, 11) is 0. The zero-order chi connectivity index (χ0) is 15.0. The van der Waals surface area contributed by atoms with Gasteiger partial charge in [-0.15, -0.1) is 0 Å². The summed E-state index contributed by atoms with van der Waals surface area (Å²) in [4.78, 5) is 9.50. The molecule has 0 bridgehead atoms. The van der Waals surface area contributed by atoms with Crippen LogP contribution in [0.5, 0.6) is 0 Å². The molecule has 3 nitrogen and oxygen atoms in total. The zero-order valence-corrected chi connectivity index (χ0v) is 14.7. The van der Waals surface area contributed by atoms with Crippen LogP contribution in [0.2, 0.25) is 0 Å². The zero-order valence-electron chi connectivity index (χ0n) is 12.5. The van der Waals surface area contributed by atoms with E-state index in [4.69, 9.17) is 9.97 Å². The highest BCUT2D eigenvalue weighted by Gasteiger charge is 2.13. The molecule has 0 amide bonds. The minimum Gasteiger partial charge on any atom is -0.308 e. The third kappa shape index (κ3) is 2.81. The number of aromatic nitrogens is 3. The molecule has 21 heavy (non-hydrogen) atoms. The fourth-order valence-electron chi connectivity index (χ4n) is 2.66. The van der Waals surface area contributed by atoms with Crippen molar-refractivity contribution in [1.29, 1.82) is 0 Å². The van der Waals surface area contributed by atoms with Crippen molar-refractivity contribution in [3.63, 3.8) is 0 Å². The van der Waals surface area contributed by atoms with Crippen molar-refractivity contribution in [3.8, 4) is 0 Å². The highest BCUT2D eigenvalue weighted by atomic mass is 127. The van der Waals surface area contributed by atoms with E-state index in [-0.39, 0.29) is 0 Å². The van der Waals surface area contributed by atoms with Gasteiger partial charge in [-0.3, -0.25) is 0 Å². The normalized spacial score (nSPS) is 11.2. The Labute approximate surface area is 138 Å². The van der Waals surface area contributed by atoms with Gasteiger partial charge in [0.25, 0.3) is 0 Å². The van der Waals surface area contributed by atoms with E-state index >= 15 is 0 Å². The van der Waals surface area contributed by atoms with Gasteiger partial charge in [-0.2, -0.15) is 0 Å². The van der Waals surface area contributed by atoms with E-state index in [1.165, 1.54) is 14.7 Å². The van der Waals surface area contributed by atoms with Gasteiger partial charge in [0.1, 0.15) is 11.3 Å². The predicted molar refractivity (Wildman–Crippen MR) is 94.6 cm³/mol. The van der Waals surface area contributed by atoms with Gasteiger partial charge in [0, 0.05) is 15.7 Å². The van der Waals surface area contributed by atoms with Crippen LogP contribution in [0.1, 0.15) is 29.6 Å². The summed E-state index contributed by atoms with van der Waals surface area (Å²) < 4.78 is 3.50. The maximum absolute atomic E-state index is 4.78. The van der Waals surface area contributed by atoms with Crippen LogP contribution in [-0.4, -0.2) is 14.5 Å². The van der Waals surface area contributed by atoms with E-state index in [1.807, 2.05) is 6.92 Å². The molecule has 0 unspecified atom stereocenters. The molecule has 0 radical (unpaired) electrons. The van der Waals surface area contributed by atoms with E-state index in [0.29, 0.717) is 0 Å². The predicted octanol–water partition coefficient (Wildman–Crippen LogP) is 4.26. The van der Waals surface area contributed by atoms with Crippen LogP contribution in [0, 0.1) is 17.4 Å². The largest absolute Gasteiger partial charge is 0.308 e. The Hall–Kier alpha value is -1.43. The van der Waals surface area contributed by atoms with Crippen LogP contribution in [-0.2, 0) is 13.0 Å². The number of hydrogen-bond acceptors (Lipinski definition) is 2. The van der Waals surface area contributed by atoms with Gasteiger partial charge in [0.2, 0.25) is 0 Å². The molecule has 2 heterocycles. The van der Waals surface area contributed by atoms with E-state index in [1.54, 1.807) is 0 Å². The average Bonchev–Trinajstić information content (AvgIpc) is 2.80. The molecule has 2 aromatic heterocycles. The van der Waals surface area contributed by atoms with Crippen molar-refractivity contribution in [2.45, 2.75) is 33.7 Å². The van der Waals surface area contributed by atoms with Crippen LogP contribution in [0.4, 0.5) is 0 Å². The first-order valence-corrected chi connectivity index (χ1v) is 8.24. The van der Waals surface area contributed by atoms with E-state index < -0.39 is 0 Å². The average molecular weight is 391 g/mol. The molecule has 0 saturated heterocycles. The lowest BCUT2D eigenvalue weighted by molar-refractivity contribution is 0.745. The molecule has 0 aliphatic heterocycles. The van der Waals surface area contributed by atoms with Gasteiger partial charge >= 0.3 is 0 Å². The van der Waals surface area contributed by atoms with E-state index in [9.17, 15) is 0 Å². The second kappa shape index (κ2) is 5.75. The molecule has 4 heteroatoms. The van der Waals surface area contributed by atoms with Crippen molar-refractivity contribution in [2.75, 3.05) is 0 Å². The number of imidazole rings is 1. The Morgan fingerprint density at radius 1 is 1.10 bits per heavy atom. The summed E-state index contributed by atoms with van der Waals surface area (Å²) in [6, 6.07) is 10.7. The smallest absolute Gasteiger partial charge is 0.160 e. The summed E-state index contributed by atoms with van der Waals surface area (Å²) in [5, 5.41) is 0. The Morgan fingerprint density at radius 2 is 1.81 bits per heavy atom. The number of rotatable bonds is 3. The van der Waals surface area contributed by atoms with Gasteiger partial charge in [-0.25, -0.2) is 9.97 Å². The number of hydrogen-bond donors (Lipinski definition) is 0. The van der Waals surface area contributed by atoms with Crippen molar-refractivity contribution in [1.82, 2.24) is 14.5 Å². The lowest BCUT2D eigenvalue weighted by Gasteiger charge is -2.08. The summed E-state index contributed by atoms with van der Waals surface area (Å²) in [6.45, 7) is 7.12. The number of halogens is 1. The first kappa shape index (κ1) is 14.5. The second-order valence-corrected chi connectivity index (χ2v) is 6.59. The van der Waals surface area contributed by atoms with Crippen molar-refractivity contribution in [3.05, 3.63) is 56.5 Å². The van der Waals surface area contributed by atoms with E-state index in [0.717, 1.165) is 35.6 Å². The topological polar surface area (TPSA) is 30.7 Å². The quantitative estimate of drug-likeness (QED) is 0.625. The molecule has 3 rings (SSSR count). The molecule has 0 aliphatic rings. The fraction of sp³-hybridized carbons (Fsp3) is 0.294. The molecule has 0 saturated carbocycles. The first-order valence-electron chi connectivity index (χ1n) is 7.16. The maximum Gasteiger partial charge on any atom is 0.160 e. The third-order valence-electron chi connectivity index (χ3n) is 3.67. The number of benzene rings is 1. The van der Waals surface area contributed by atoms with Gasteiger partial charge in [-0.05, 0) is 65.8 Å². The summed E-state index contributed by atoms with van der Waals surface area (Å²) in [6.07, 6.45) is 0.916. The molecule has 1 aromatic carbocycles. The standard InChI is InChI=1S/C17H18IN3/c1-4-15-20-16-11(2)9-12(3)19-17(16)21(15)10-13-5-7-14(18)8-6-13/h5-9H,4,10H2,1-3H3. The summed E-state index contributed by atoms with van der Waals surface area (Å²) in [5.41, 5.74) is 5.57. The van der Waals surface area contributed by atoms with Crippen LogP contribution in [0.3, 0.4) is 0 Å². The van der Waals surface area contributed by atoms with Gasteiger partial charge < -0.3 is 4.57 Å². The lowest BCUT2D eigenvalue weighted by atomic mass is 10.2.